The predicted molar refractivity (Wildman–Crippen MR) is 82.9 cm³/mol. The van der Waals surface area contributed by atoms with Gasteiger partial charge < -0.3 is 5.11 Å². The zero-order valence-electron chi connectivity index (χ0n) is 13.1. The van der Waals surface area contributed by atoms with Crippen LogP contribution in [-0.4, -0.2) is 29.1 Å². The summed E-state index contributed by atoms with van der Waals surface area (Å²) >= 11 is 0. The Morgan fingerprint density at radius 3 is 2.25 bits per heavy atom. The van der Waals surface area contributed by atoms with Crippen molar-refractivity contribution >= 4 is 5.97 Å². The predicted octanol–water partition coefficient (Wildman–Crippen LogP) is 3.74. The Hall–Kier alpha value is -1.35. The molecule has 0 spiro atoms. The number of nitrogens with zero attached hydrogens (tertiary/aromatic N) is 1. The number of hydrogen-bond acceptors (Lipinski definition) is 2. The molecule has 0 bridgehead atoms. The standard InChI is InChI=1S/C17H27NO2/c1-5-18(11-10-17(19)20)14(4)16-8-6-15(7-9-16)12-13(2)3/h6-9,13-14H,5,10-12H2,1-4H3,(H,19,20). The van der Waals surface area contributed by atoms with Crippen LogP contribution in [0.2, 0.25) is 0 Å². The van der Waals surface area contributed by atoms with Gasteiger partial charge in [-0.25, -0.2) is 0 Å². The maximum absolute atomic E-state index is 10.7. The molecule has 0 fully saturated rings. The molecule has 0 radical (unpaired) electrons. The molecule has 0 saturated carbocycles. The highest BCUT2D eigenvalue weighted by Crippen LogP contribution is 2.21. The number of rotatable bonds is 8. The van der Waals surface area contributed by atoms with Gasteiger partial charge in [-0.05, 0) is 36.9 Å². The van der Waals surface area contributed by atoms with E-state index in [1.54, 1.807) is 0 Å². The number of carbonyl (C=O) groups is 1. The van der Waals surface area contributed by atoms with E-state index in [1.165, 1.54) is 11.1 Å². The number of benzene rings is 1. The molecule has 112 valence electrons. The number of hydrogen-bond donors (Lipinski definition) is 1. The first kappa shape index (κ1) is 16.7. The molecule has 1 aromatic carbocycles. The fourth-order valence-electron chi connectivity index (χ4n) is 2.48. The van der Waals surface area contributed by atoms with Crippen molar-refractivity contribution in [3.8, 4) is 0 Å². The summed E-state index contributed by atoms with van der Waals surface area (Å²) in [5.74, 6) is -0.0658. The van der Waals surface area contributed by atoms with E-state index in [2.05, 4.69) is 56.9 Å². The number of aliphatic carboxylic acids is 1. The maximum atomic E-state index is 10.7. The van der Waals surface area contributed by atoms with Crippen LogP contribution in [0.1, 0.15) is 51.3 Å². The smallest absolute Gasteiger partial charge is 0.304 e. The third-order valence-corrected chi connectivity index (χ3v) is 3.67. The quantitative estimate of drug-likeness (QED) is 0.787. The molecule has 1 N–H and O–H groups in total. The van der Waals surface area contributed by atoms with Gasteiger partial charge in [-0.1, -0.05) is 45.0 Å². The molecule has 3 heteroatoms. The zero-order valence-corrected chi connectivity index (χ0v) is 13.1. The summed E-state index contributed by atoms with van der Waals surface area (Å²) in [6.45, 7) is 10.1. The average Bonchev–Trinajstić information content (AvgIpc) is 2.39. The molecule has 0 saturated heterocycles. The van der Waals surface area contributed by atoms with Crippen LogP contribution in [0.5, 0.6) is 0 Å². The van der Waals surface area contributed by atoms with Crippen LogP contribution < -0.4 is 0 Å². The minimum Gasteiger partial charge on any atom is -0.481 e. The van der Waals surface area contributed by atoms with E-state index in [4.69, 9.17) is 5.11 Å². The van der Waals surface area contributed by atoms with Gasteiger partial charge >= 0.3 is 5.97 Å². The maximum Gasteiger partial charge on any atom is 0.304 e. The number of carboxylic acids is 1. The monoisotopic (exact) mass is 277 g/mol. The summed E-state index contributed by atoms with van der Waals surface area (Å²) in [6.07, 6.45) is 1.30. The first-order valence-electron chi connectivity index (χ1n) is 7.48. The lowest BCUT2D eigenvalue weighted by Gasteiger charge is -2.27. The molecule has 1 aromatic rings. The largest absolute Gasteiger partial charge is 0.481 e. The van der Waals surface area contributed by atoms with E-state index in [0.717, 1.165) is 13.0 Å². The molecule has 0 aromatic heterocycles. The van der Waals surface area contributed by atoms with Gasteiger partial charge in [0.1, 0.15) is 0 Å². The molecule has 20 heavy (non-hydrogen) atoms. The van der Waals surface area contributed by atoms with Crippen molar-refractivity contribution in [3.05, 3.63) is 35.4 Å². The highest BCUT2D eigenvalue weighted by molar-refractivity contribution is 5.66. The summed E-state index contributed by atoms with van der Waals surface area (Å²) in [6, 6.07) is 8.98. The third kappa shape index (κ3) is 5.33. The first-order valence-corrected chi connectivity index (χ1v) is 7.48. The normalized spacial score (nSPS) is 12.9. The van der Waals surface area contributed by atoms with Gasteiger partial charge in [0.15, 0.2) is 0 Å². The molecule has 0 aliphatic heterocycles. The lowest BCUT2D eigenvalue weighted by Crippen LogP contribution is -2.29. The van der Waals surface area contributed by atoms with Crippen LogP contribution in [0.4, 0.5) is 0 Å². The molecule has 0 aliphatic carbocycles. The second-order valence-corrected chi connectivity index (χ2v) is 5.79. The Balaban J connectivity index is 2.69. The third-order valence-electron chi connectivity index (χ3n) is 3.67. The Labute approximate surface area is 122 Å². The van der Waals surface area contributed by atoms with Gasteiger partial charge in [-0.15, -0.1) is 0 Å². The van der Waals surface area contributed by atoms with Crippen molar-refractivity contribution in [1.82, 2.24) is 4.90 Å². The van der Waals surface area contributed by atoms with Gasteiger partial charge in [-0.3, -0.25) is 9.69 Å². The van der Waals surface area contributed by atoms with E-state index in [-0.39, 0.29) is 12.5 Å². The zero-order chi connectivity index (χ0) is 15.1. The summed E-state index contributed by atoms with van der Waals surface area (Å²) in [4.78, 5) is 12.9. The fraction of sp³-hybridized carbons (Fsp3) is 0.588. The SMILES string of the molecule is CCN(CCC(=O)O)C(C)c1ccc(CC(C)C)cc1. The van der Waals surface area contributed by atoms with Crippen molar-refractivity contribution in [2.75, 3.05) is 13.1 Å². The minimum absolute atomic E-state index is 0.198. The molecular weight excluding hydrogens is 250 g/mol. The molecule has 0 heterocycles. The lowest BCUT2D eigenvalue weighted by atomic mass is 9.99. The van der Waals surface area contributed by atoms with Crippen LogP contribution in [0.3, 0.4) is 0 Å². The summed E-state index contributed by atoms with van der Waals surface area (Å²) in [5, 5.41) is 8.80. The van der Waals surface area contributed by atoms with E-state index in [1.807, 2.05) is 0 Å². The van der Waals surface area contributed by atoms with E-state index in [0.29, 0.717) is 12.5 Å². The van der Waals surface area contributed by atoms with Gasteiger partial charge in [0.25, 0.3) is 0 Å². The molecule has 1 unspecified atom stereocenters. The van der Waals surface area contributed by atoms with E-state index in [9.17, 15) is 4.79 Å². The van der Waals surface area contributed by atoms with Gasteiger partial charge in [-0.2, -0.15) is 0 Å². The van der Waals surface area contributed by atoms with Crippen LogP contribution in [0.15, 0.2) is 24.3 Å². The van der Waals surface area contributed by atoms with Crippen LogP contribution in [0, 0.1) is 5.92 Å². The Kier molecular flexibility index (Phi) is 6.73. The number of carboxylic acid groups (broad SMARTS) is 1. The van der Waals surface area contributed by atoms with Gasteiger partial charge in [0, 0.05) is 12.6 Å². The Morgan fingerprint density at radius 2 is 1.80 bits per heavy atom. The van der Waals surface area contributed by atoms with Crippen molar-refractivity contribution in [3.63, 3.8) is 0 Å². The van der Waals surface area contributed by atoms with Crippen molar-refractivity contribution < 1.29 is 9.90 Å². The summed E-state index contributed by atoms with van der Waals surface area (Å²) in [7, 11) is 0. The van der Waals surface area contributed by atoms with Gasteiger partial charge in [0.2, 0.25) is 0 Å². The van der Waals surface area contributed by atoms with Gasteiger partial charge in [0.05, 0.1) is 6.42 Å². The molecule has 0 amide bonds. The highest BCUT2D eigenvalue weighted by atomic mass is 16.4. The van der Waals surface area contributed by atoms with Crippen LogP contribution >= 0.6 is 0 Å². The van der Waals surface area contributed by atoms with Crippen LogP contribution in [0.25, 0.3) is 0 Å². The van der Waals surface area contributed by atoms with Crippen molar-refractivity contribution in [2.24, 2.45) is 5.92 Å². The molecule has 1 rings (SSSR count). The highest BCUT2D eigenvalue weighted by Gasteiger charge is 2.15. The fourth-order valence-corrected chi connectivity index (χ4v) is 2.48. The minimum atomic E-state index is -0.733. The first-order chi connectivity index (χ1) is 9.43. The summed E-state index contributed by atoms with van der Waals surface area (Å²) < 4.78 is 0. The molecule has 3 nitrogen and oxygen atoms in total. The molecular formula is C17H27NO2. The Bertz CT molecular complexity index is 412. The average molecular weight is 277 g/mol. The van der Waals surface area contributed by atoms with Crippen molar-refractivity contribution in [2.45, 2.75) is 46.6 Å². The van der Waals surface area contributed by atoms with Crippen LogP contribution in [-0.2, 0) is 11.2 Å². The second-order valence-electron chi connectivity index (χ2n) is 5.79. The van der Waals surface area contributed by atoms with E-state index < -0.39 is 5.97 Å². The van der Waals surface area contributed by atoms with E-state index >= 15 is 0 Å². The molecule has 1 atom stereocenters. The molecule has 0 aliphatic rings. The second kappa shape index (κ2) is 8.05. The Morgan fingerprint density at radius 1 is 1.20 bits per heavy atom. The van der Waals surface area contributed by atoms with Crippen molar-refractivity contribution in [1.29, 1.82) is 0 Å². The lowest BCUT2D eigenvalue weighted by molar-refractivity contribution is -0.137. The topological polar surface area (TPSA) is 40.5 Å². The summed E-state index contributed by atoms with van der Waals surface area (Å²) in [5.41, 5.74) is 2.62.